The summed E-state index contributed by atoms with van der Waals surface area (Å²) >= 11 is 0. The van der Waals surface area contributed by atoms with Crippen LogP contribution in [0.15, 0.2) is 24.3 Å². The second kappa shape index (κ2) is 7.52. The summed E-state index contributed by atoms with van der Waals surface area (Å²) < 4.78 is 13.5. The molecule has 1 fully saturated rings. The third kappa shape index (κ3) is 4.51. The van der Waals surface area contributed by atoms with E-state index in [2.05, 4.69) is 10.2 Å². The lowest BCUT2D eigenvalue weighted by Gasteiger charge is -2.37. The SMILES string of the molecule is CC(N)C1CCCCN1CC(=O)NCc1ccccc1F. The highest BCUT2D eigenvalue weighted by Crippen LogP contribution is 2.18. The van der Waals surface area contributed by atoms with Gasteiger partial charge in [0, 0.05) is 24.2 Å². The van der Waals surface area contributed by atoms with Crippen molar-refractivity contribution in [1.29, 1.82) is 0 Å². The molecule has 0 aliphatic carbocycles. The van der Waals surface area contributed by atoms with E-state index < -0.39 is 0 Å². The Morgan fingerprint density at radius 1 is 1.48 bits per heavy atom. The molecular weight excluding hydrogens is 269 g/mol. The molecule has 5 heteroatoms. The highest BCUT2D eigenvalue weighted by Gasteiger charge is 2.26. The van der Waals surface area contributed by atoms with E-state index >= 15 is 0 Å². The molecule has 1 aliphatic heterocycles. The Morgan fingerprint density at radius 2 is 2.24 bits per heavy atom. The Bertz CT molecular complexity index is 478. The van der Waals surface area contributed by atoms with Crippen molar-refractivity contribution in [1.82, 2.24) is 10.2 Å². The van der Waals surface area contributed by atoms with Crippen LogP contribution in [0.25, 0.3) is 0 Å². The first-order valence-electron chi connectivity index (χ1n) is 7.57. The van der Waals surface area contributed by atoms with Gasteiger partial charge in [-0.15, -0.1) is 0 Å². The topological polar surface area (TPSA) is 58.4 Å². The average molecular weight is 293 g/mol. The average Bonchev–Trinajstić information content (AvgIpc) is 2.47. The van der Waals surface area contributed by atoms with Crippen molar-refractivity contribution in [2.24, 2.45) is 5.73 Å². The standard InChI is InChI=1S/C16H24FN3O/c1-12(18)15-8-4-5-9-20(15)11-16(21)19-10-13-6-2-3-7-14(13)17/h2-3,6-7,12,15H,4-5,8-11,18H2,1H3,(H,19,21). The summed E-state index contributed by atoms with van der Waals surface area (Å²) in [5.74, 6) is -0.366. The third-order valence-electron chi connectivity index (χ3n) is 4.05. The molecule has 1 saturated heterocycles. The molecule has 2 unspecified atom stereocenters. The first-order chi connectivity index (χ1) is 10.1. The van der Waals surface area contributed by atoms with Crippen molar-refractivity contribution in [3.8, 4) is 0 Å². The number of nitrogens with one attached hydrogen (secondary N) is 1. The Hall–Kier alpha value is -1.46. The Labute approximate surface area is 125 Å². The third-order valence-corrected chi connectivity index (χ3v) is 4.05. The lowest BCUT2D eigenvalue weighted by Crippen LogP contribution is -2.52. The molecular formula is C16H24FN3O. The number of halogens is 1. The van der Waals surface area contributed by atoms with Gasteiger partial charge in [0.15, 0.2) is 0 Å². The number of hydrogen-bond acceptors (Lipinski definition) is 3. The molecule has 0 radical (unpaired) electrons. The number of rotatable bonds is 5. The zero-order valence-corrected chi connectivity index (χ0v) is 12.5. The van der Waals surface area contributed by atoms with Gasteiger partial charge in [0.2, 0.25) is 5.91 Å². The molecule has 116 valence electrons. The van der Waals surface area contributed by atoms with Gasteiger partial charge in [-0.3, -0.25) is 9.69 Å². The second-order valence-electron chi connectivity index (χ2n) is 5.76. The molecule has 3 N–H and O–H groups in total. The molecule has 0 aromatic heterocycles. The number of nitrogens with two attached hydrogens (primary N) is 1. The van der Waals surface area contributed by atoms with Gasteiger partial charge in [-0.1, -0.05) is 24.6 Å². The first kappa shape index (κ1) is 15.9. The lowest BCUT2D eigenvalue weighted by atomic mass is 9.97. The van der Waals surface area contributed by atoms with Gasteiger partial charge in [0.25, 0.3) is 0 Å². The summed E-state index contributed by atoms with van der Waals surface area (Å²) in [6, 6.07) is 6.81. The van der Waals surface area contributed by atoms with Crippen molar-refractivity contribution in [2.45, 2.75) is 44.8 Å². The van der Waals surface area contributed by atoms with Crippen molar-refractivity contribution in [3.63, 3.8) is 0 Å². The van der Waals surface area contributed by atoms with Crippen LogP contribution in [-0.4, -0.2) is 36.0 Å². The summed E-state index contributed by atoms with van der Waals surface area (Å²) in [6.07, 6.45) is 3.31. The van der Waals surface area contributed by atoms with E-state index in [4.69, 9.17) is 5.73 Å². The Balaban J connectivity index is 1.85. The summed E-state index contributed by atoms with van der Waals surface area (Å²) in [5, 5.41) is 2.79. The second-order valence-corrected chi connectivity index (χ2v) is 5.76. The van der Waals surface area contributed by atoms with Crippen LogP contribution in [0.2, 0.25) is 0 Å². The van der Waals surface area contributed by atoms with Crippen molar-refractivity contribution >= 4 is 5.91 Å². The van der Waals surface area contributed by atoms with E-state index in [-0.39, 0.29) is 30.4 Å². The molecule has 1 amide bonds. The number of benzene rings is 1. The van der Waals surface area contributed by atoms with E-state index in [0.717, 1.165) is 19.4 Å². The largest absolute Gasteiger partial charge is 0.351 e. The molecule has 2 atom stereocenters. The Morgan fingerprint density at radius 3 is 2.95 bits per heavy atom. The zero-order valence-electron chi connectivity index (χ0n) is 12.5. The number of piperidine rings is 1. The molecule has 1 aliphatic rings. The van der Waals surface area contributed by atoms with Gasteiger partial charge < -0.3 is 11.1 Å². The number of hydrogen-bond donors (Lipinski definition) is 2. The smallest absolute Gasteiger partial charge is 0.234 e. The van der Waals surface area contributed by atoms with Crippen LogP contribution in [0.5, 0.6) is 0 Å². The summed E-state index contributed by atoms with van der Waals surface area (Å²) in [5.41, 5.74) is 6.50. The predicted octanol–water partition coefficient (Wildman–Crippen LogP) is 1.64. The molecule has 4 nitrogen and oxygen atoms in total. The van der Waals surface area contributed by atoms with E-state index in [1.54, 1.807) is 18.2 Å². The predicted molar refractivity (Wildman–Crippen MR) is 81.1 cm³/mol. The van der Waals surface area contributed by atoms with E-state index in [1.165, 1.54) is 12.5 Å². The van der Waals surface area contributed by atoms with Crippen LogP contribution < -0.4 is 11.1 Å². The molecule has 0 spiro atoms. The van der Waals surface area contributed by atoms with Crippen LogP contribution in [0.4, 0.5) is 4.39 Å². The minimum absolute atomic E-state index is 0.0599. The number of nitrogens with zero attached hydrogens (tertiary/aromatic N) is 1. The molecule has 1 aromatic rings. The van der Waals surface area contributed by atoms with Crippen LogP contribution in [-0.2, 0) is 11.3 Å². The molecule has 21 heavy (non-hydrogen) atoms. The number of carbonyl (C=O) groups excluding carboxylic acids is 1. The number of amides is 1. The molecule has 1 aromatic carbocycles. The normalized spacial score (nSPS) is 21.0. The van der Waals surface area contributed by atoms with E-state index in [0.29, 0.717) is 12.1 Å². The number of likely N-dealkylation sites (tertiary alicyclic amines) is 1. The van der Waals surface area contributed by atoms with Gasteiger partial charge >= 0.3 is 0 Å². The van der Waals surface area contributed by atoms with Crippen molar-refractivity contribution < 1.29 is 9.18 Å². The van der Waals surface area contributed by atoms with Gasteiger partial charge in [0.1, 0.15) is 5.82 Å². The minimum atomic E-state index is -0.288. The quantitative estimate of drug-likeness (QED) is 0.868. The van der Waals surface area contributed by atoms with Gasteiger partial charge in [-0.05, 0) is 32.4 Å². The van der Waals surface area contributed by atoms with Gasteiger partial charge in [0.05, 0.1) is 6.54 Å². The molecule has 1 heterocycles. The highest BCUT2D eigenvalue weighted by atomic mass is 19.1. The summed E-state index contributed by atoms with van der Waals surface area (Å²) in [6.45, 7) is 3.45. The maximum atomic E-state index is 13.5. The maximum Gasteiger partial charge on any atom is 0.234 e. The zero-order chi connectivity index (χ0) is 15.2. The van der Waals surface area contributed by atoms with Crippen molar-refractivity contribution in [2.75, 3.05) is 13.1 Å². The number of carbonyl (C=O) groups is 1. The van der Waals surface area contributed by atoms with E-state index in [1.807, 2.05) is 6.92 Å². The van der Waals surface area contributed by atoms with Crippen LogP contribution in [0, 0.1) is 5.82 Å². The maximum absolute atomic E-state index is 13.5. The fourth-order valence-corrected chi connectivity index (χ4v) is 2.88. The van der Waals surface area contributed by atoms with Crippen molar-refractivity contribution in [3.05, 3.63) is 35.6 Å². The first-order valence-corrected chi connectivity index (χ1v) is 7.57. The fraction of sp³-hybridized carbons (Fsp3) is 0.562. The highest BCUT2D eigenvalue weighted by molar-refractivity contribution is 5.78. The van der Waals surface area contributed by atoms with Crippen LogP contribution in [0.1, 0.15) is 31.7 Å². The molecule has 0 bridgehead atoms. The van der Waals surface area contributed by atoms with Crippen LogP contribution >= 0.6 is 0 Å². The summed E-state index contributed by atoms with van der Waals surface area (Å²) in [4.78, 5) is 14.2. The fourth-order valence-electron chi connectivity index (χ4n) is 2.88. The monoisotopic (exact) mass is 293 g/mol. The van der Waals surface area contributed by atoms with Gasteiger partial charge in [-0.25, -0.2) is 4.39 Å². The Kier molecular flexibility index (Phi) is 5.70. The molecule has 2 rings (SSSR count). The lowest BCUT2D eigenvalue weighted by molar-refractivity contribution is -0.123. The van der Waals surface area contributed by atoms with Crippen LogP contribution in [0.3, 0.4) is 0 Å². The van der Waals surface area contributed by atoms with Gasteiger partial charge in [-0.2, -0.15) is 0 Å². The minimum Gasteiger partial charge on any atom is -0.351 e. The summed E-state index contributed by atoms with van der Waals surface area (Å²) in [7, 11) is 0. The van der Waals surface area contributed by atoms with E-state index in [9.17, 15) is 9.18 Å². The molecule has 0 saturated carbocycles.